The Morgan fingerprint density at radius 1 is 1.00 bits per heavy atom. The van der Waals surface area contributed by atoms with Gasteiger partial charge in [-0.15, -0.1) is 0 Å². The normalized spacial score (nSPS) is 11.6. The summed E-state index contributed by atoms with van der Waals surface area (Å²) >= 11 is 0. The zero-order valence-electron chi connectivity index (χ0n) is 12.0. The third kappa shape index (κ3) is 4.44. The average Bonchev–Trinajstić information content (AvgIpc) is 2.38. The van der Waals surface area contributed by atoms with Crippen molar-refractivity contribution in [2.45, 2.75) is 27.3 Å². The van der Waals surface area contributed by atoms with Gasteiger partial charge in [0.25, 0.3) is 0 Å². The van der Waals surface area contributed by atoms with Crippen LogP contribution >= 0.6 is 0 Å². The molecule has 1 aromatic carbocycles. The minimum absolute atomic E-state index is 0.717. The first-order valence-corrected chi connectivity index (χ1v) is 9.25. The second-order valence-electron chi connectivity index (χ2n) is 4.35. The van der Waals surface area contributed by atoms with Crippen molar-refractivity contribution in [1.29, 1.82) is 0 Å². The maximum absolute atomic E-state index is 5.90. The van der Waals surface area contributed by atoms with Gasteiger partial charge in [0, 0.05) is 25.4 Å². The maximum Gasteiger partial charge on any atom is 0.354 e. The van der Waals surface area contributed by atoms with Crippen LogP contribution in [0.15, 0.2) is 30.3 Å². The van der Waals surface area contributed by atoms with E-state index in [4.69, 9.17) is 8.85 Å². The molecule has 0 aliphatic heterocycles. The van der Waals surface area contributed by atoms with E-state index in [1.165, 1.54) is 5.69 Å². The third-order valence-electron chi connectivity index (χ3n) is 2.88. The van der Waals surface area contributed by atoms with Crippen molar-refractivity contribution in [3.05, 3.63) is 30.3 Å². The van der Waals surface area contributed by atoms with Gasteiger partial charge < -0.3 is 13.8 Å². The van der Waals surface area contributed by atoms with E-state index in [9.17, 15) is 0 Å². The van der Waals surface area contributed by atoms with Crippen molar-refractivity contribution >= 4 is 14.2 Å². The Labute approximate surface area is 112 Å². The first-order chi connectivity index (χ1) is 8.65. The smallest absolute Gasteiger partial charge is 0.354 e. The monoisotopic (exact) mass is 267 g/mol. The Bertz CT molecular complexity index is 326. The molecule has 0 radical (unpaired) electrons. The third-order valence-corrected chi connectivity index (χ3v) is 5.64. The van der Waals surface area contributed by atoms with E-state index in [2.05, 4.69) is 42.6 Å². The van der Waals surface area contributed by atoms with Crippen LogP contribution in [0.2, 0.25) is 6.55 Å². The number of benzene rings is 1. The predicted octanol–water partition coefficient (Wildman–Crippen LogP) is 3.20. The van der Waals surface area contributed by atoms with Crippen LogP contribution in [-0.4, -0.2) is 34.5 Å². The van der Waals surface area contributed by atoms with Crippen LogP contribution in [0.5, 0.6) is 0 Å². The standard InChI is InChI=1S/C14H25NO2Si/c1-5-15(14-11-9-8-10-12-14)13-18(4,16-6-2)17-7-3/h8-12H,5-7,13H2,1-4H3. The Morgan fingerprint density at radius 2 is 1.56 bits per heavy atom. The van der Waals surface area contributed by atoms with Crippen LogP contribution in [0.25, 0.3) is 0 Å². The molecule has 3 nitrogen and oxygen atoms in total. The molecule has 0 bridgehead atoms. The summed E-state index contributed by atoms with van der Waals surface area (Å²) in [5.41, 5.74) is 1.23. The fraction of sp³-hybridized carbons (Fsp3) is 0.571. The van der Waals surface area contributed by atoms with Gasteiger partial charge >= 0.3 is 8.56 Å². The largest absolute Gasteiger partial charge is 0.394 e. The number of hydrogen-bond donors (Lipinski definition) is 0. The molecule has 0 amide bonds. The molecule has 1 rings (SSSR count). The highest BCUT2D eigenvalue weighted by molar-refractivity contribution is 6.66. The molecule has 0 atom stereocenters. The lowest BCUT2D eigenvalue weighted by atomic mass is 10.3. The molecule has 18 heavy (non-hydrogen) atoms. The van der Waals surface area contributed by atoms with Gasteiger partial charge in [0.1, 0.15) is 0 Å². The number of para-hydroxylation sites is 1. The molecular formula is C14H25NO2Si. The summed E-state index contributed by atoms with van der Waals surface area (Å²) in [6.45, 7) is 10.8. The number of rotatable bonds is 8. The molecule has 0 spiro atoms. The molecular weight excluding hydrogens is 242 g/mol. The summed E-state index contributed by atoms with van der Waals surface area (Å²) in [4.78, 5) is 2.33. The number of anilines is 1. The Morgan fingerprint density at radius 3 is 2.00 bits per heavy atom. The highest BCUT2D eigenvalue weighted by Crippen LogP contribution is 2.17. The van der Waals surface area contributed by atoms with Gasteiger partial charge in [-0.05, 0) is 39.5 Å². The Kier molecular flexibility index (Phi) is 6.39. The van der Waals surface area contributed by atoms with E-state index < -0.39 is 8.56 Å². The minimum atomic E-state index is -2.09. The lowest BCUT2D eigenvalue weighted by molar-refractivity contribution is 0.189. The first kappa shape index (κ1) is 15.2. The summed E-state index contributed by atoms with van der Waals surface area (Å²) in [6, 6.07) is 10.4. The second-order valence-corrected chi connectivity index (χ2v) is 7.51. The van der Waals surface area contributed by atoms with Gasteiger partial charge in [0.15, 0.2) is 0 Å². The van der Waals surface area contributed by atoms with Crippen LogP contribution in [0, 0.1) is 0 Å². The fourth-order valence-electron chi connectivity index (χ4n) is 2.11. The van der Waals surface area contributed by atoms with Gasteiger partial charge in [0.2, 0.25) is 0 Å². The number of hydrogen-bond acceptors (Lipinski definition) is 3. The highest BCUT2D eigenvalue weighted by atomic mass is 28.4. The molecule has 4 heteroatoms. The summed E-state index contributed by atoms with van der Waals surface area (Å²) in [6.07, 6.45) is 0.870. The van der Waals surface area contributed by atoms with E-state index in [0.717, 1.165) is 25.9 Å². The minimum Gasteiger partial charge on any atom is -0.394 e. The van der Waals surface area contributed by atoms with Crippen molar-refractivity contribution in [3.8, 4) is 0 Å². The van der Waals surface area contributed by atoms with Crippen molar-refractivity contribution < 1.29 is 8.85 Å². The van der Waals surface area contributed by atoms with Gasteiger partial charge in [-0.3, -0.25) is 0 Å². The Hall–Kier alpha value is -0.843. The maximum atomic E-state index is 5.90. The summed E-state index contributed by atoms with van der Waals surface area (Å²) in [7, 11) is -2.09. The zero-order valence-corrected chi connectivity index (χ0v) is 13.0. The molecule has 0 fully saturated rings. The van der Waals surface area contributed by atoms with Gasteiger partial charge in [-0.25, -0.2) is 0 Å². The zero-order chi connectivity index (χ0) is 13.4. The molecule has 0 aliphatic rings. The van der Waals surface area contributed by atoms with Gasteiger partial charge in [-0.2, -0.15) is 0 Å². The van der Waals surface area contributed by atoms with Crippen LogP contribution in [-0.2, 0) is 8.85 Å². The van der Waals surface area contributed by atoms with Crippen LogP contribution in [0.3, 0.4) is 0 Å². The summed E-state index contributed by atoms with van der Waals surface area (Å²) in [5, 5.41) is 0. The summed E-state index contributed by atoms with van der Waals surface area (Å²) in [5.74, 6) is 0. The topological polar surface area (TPSA) is 21.7 Å². The molecule has 0 saturated heterocycles. The van der Waals surface area contributed by atoms with Crippen molar-refractivity contribution in [2.75, 3.05) is 30.8 Å². The molecule has 0 saturated carbocycles. The molecule has 102 valence electrons. The first-order valence-electron chi connectivity index (χ1n) is 6.73. The van der Waals surface area contributed by atoms with Crippen LogP contribution < -0.4 is 4.90 Å². The van der Waals surface area contributed by atoms with E-state index in [0.29, 0.717) is 0 Å². The van der Waals surface area contributed by atoms with Crippen molar-refractivity contribution in [1.82, 2.24) is 0 Å². The van der Waals surface area contributed by atoms with Crippen LogP contribution in [0.1, 0.15) is 20.8 Å². The van der Waals surface area contributed by atoms with Gasteiger partial charge in [-0.1, -0.05) is 18.2 Å². The lowest BCUT2D eigenvalue weighted by Gasteiger charge is -2.33. The van der Waals surface area contributed by atoms with Crippen molar-refractivity contribution in [3.63, 3.8) is 0 Å². The van der Waals surface area contributed by atoms with Crippen molar-refractivity contribution in [2.24, 2.45) is 0 Å². The highest BCUT2D eigenvalue weighted by Gasteiger charge is 2.33. The lowest BCUT2D eigenvalue weighted by Crippen LogP contribution is -2.50. The molecule has 1 aromatic rings. The molecule has 0 N–H and O–H groups in total. The van der Waals surface area contributed by atoms with E-state index >= 15 is 0 Å². The van der Waals surface area contributed by atoms with Crippen LogP contribution in [0.4, 0.5) is 5.69 Å². The molecule has 0 aromatic heterocycles. The van der Waals surface area contributed by atoms with E-state index in [1.807, 2.05) is 19.9 Å². The molecule has 0 unspecified atom stereocenters. The molecule has 0 aliphatic carbocycles. The number of nitrogens with zero attached hydrogens (tertiary/aromatic N) is 1. The fourth-order valence-corrected chi connectivity index (χ4v) is 4.70. The second kappa shape index (κ2) is 7.56. The van der Waals surface area contributed by atoms with Gasteiger partial charge in [0.05, 0.1) is 6.17 Å². The van der Waals surface area contributed by atoms with E-state index in [1.54, 1.807) is 0 Å². The molecule has 0 heterocycles. The predicted molar refractivity (Wildman–Crippen MR) is 79.2 cm³/mol. The summed E-state index contributed by atoms with van der Waals surface area (Å²) < 4.78 is 11.8. The quantitative estimate of drug-likeness (QED) is 0.675. The Balaban J connectivity index is 2.77. The SMILES string of the molecule is CCO[Si](C)(CN(CC)c1ccccc1)OCC. The average molecular weight is 267 g/mol. The van der Waals surface area contributed by atoms with E-state index in [-0.39, 0.29) is 0 Å².